The summed E-state index contributed by atoms with van der Waals surface area (Å²) in [6.07, 6.45) is 0. The van der Waals surface area contributed by atoms with Crippen molar-refractivity contribution >= 4 is 23.5 Å². The number of H-pyrrole nitrogens is 1. The monoisotopic (exact) mass is 473 g/mol. The second-order valence-corrected chi connectivity index (χ2v) is 7.52. The molecule has 0 amide bonds. The van der Waals surface area contributed by atoms with E-state index in [4.69, 9.17) is 24.4 Å². The number of aromatic nitrogens is 6. The molecule has 0 atom stereocenters. The molecule has 0 aliphatic carbocycles. The lowest BCUT2D eigenvalue weighted by Gasteiger charge is -2.16. The van der Waals surface area contributed by atoms with Crippen LogP contribution < -0.4 is 25.5 Å². The number of nitrogens with two attached hydrogens (primary N) is 1. The number of fused-ring (bicyclic) bond motifs is 1. The maximum absolute atomic E-state index is 12.2. The first-order valence-electron chi connectivity index (χ1n) is 10.3. The summed E-state index contributed by atoms with van der Waals surface area (Å²) < 4.78 is 24.2. The highest BCUT2D eigenvalue weighted by atomic mass is 32.2. The molecule has 0 radical (unpaired) electrons. The minimum atomic E-state index is -0.313. The van der Waals surface area contributed by atoms with Gasteiger partial charge < -0.3 is 24.4 Å². The van der Waals surface area contributed by atoms with E-state index in [1.54, 1.807) is 12.1 Å². The third-order valence-corrected chi connectivity index (χ3v) is 5.16. The Balaban J connectivity index is 1.57. The van der Waals surface area contributed by atoms with Gasteiger partial charge in [-0.3, -0.25) is 9.89 Å². The summed E-state index contributed by atoms with van der Waals surface area (Å²) in [5.41, 5.74) is 6.42. The highest BCUT2D eigenvalue weighted by Gasteiger charge is 2.19. The first-order valence-corrected chi connectivity index (χ1v) is 11.3. The second-order valence-electron chi connectivity index (χ2n) is 6.59. The Labute approximate surface area is 192 Å². The molecule has 1 aromatic carbocycles. The van der Waals surface area contributed by atoms with Crippen LogP contribution in [0, 0.1) is 0 Å². The van der Waals surface area contributed by atoms with Gasteiger partial charge in [0.2, 0.25) is 17.6 Å². The summed E-state index contributed by atoms with van der Waals surface area (Å²) in [5, 5.41) is 11.2. The lowest BCUT2D eigenvalue weighted by Crippen LogP contribution is -2.15. The quantitative estimate of drug-likeness (QED) is 0.326. The summed E-state index contributed by atoms with van der Waals surface area (Å²) in [6, 6.07) is 4.94. The Morgan fingerprint density at radius 3 is 2.39 bits per heavy atom. The molecular formula is C20H23N7O5S. The predicted octanol–water partition coefficient (Wildman–Crippen LogP) is 2.54. The van der Waals surface area contributed by atoms with E-state index < -0.39 is 0 Å². The number of rotatable bonds is 10. The van der Waals surface area contributed by atoms with E-state index in [0.29, 0.717) is 65.2 Å². The van der Waals surface area contributed by atoms with Gasteiger partial charge in [0, 0.05) is 17.4 Å². The van der Waals surface area contributed by atoms with Crippen LogP contribution >= 0.6 is 11.8 Å². The average molecular weight is 474 g/mol. The van der Waals surface area contributed by atoms with Crippen LogP contribution in [0.5, 0.6) is 17.2 Å². The van der Waals surface area contributed by atoms with Gasteiger partial charge in [0.1, 0.15) is 0 Å². The van der Waals surface area contributed by atoms with Crippen LogP contribution in [0.25, 0.3) is 17.2 Å². The van der Waals surface area contributed by atoms with Gasteiger partial charge in [-0.15, -0.1) is 10.2 Å². The SMILES string of the molecule is CCOc1cc(-c2nnc(SCc3cc(=O)n4[nH]c(N)nc4n3)o2)cc(OCC)c1OCC. The molecule has 174 valence electrons. The molecule has 0 aliphatic heterocycles. The number of benzene rings is 1. The number of aromatic amines is 1. The van der Waals surface area contributed by atoms with Crippen molar-refractivity contribution in [2.24, 2.45) is 0 Å². The summed E-state index contributed by atoms with van der Waals surface area (Å²) in [7, 11) is 0. The number of nitrogens with one attached hydrogen (secondary N) is 1. The highest BCUT2D eigenvalue weighted by molar-refractivity contribution is 7.98. The molecule has 33 heavy (non-hydrogen) atoms. The molecule has 0 fully saturated rings. The van der Waals surface area contributed by atoms with Crippen molar-refractivity contribution in [3.8, 4) is 28.7 Å². The molecule has 0 spiro atoms. The maximum Gasteiger partial charge on any atom is 0.277 e. The Hall–Kier alpha value is -3.74. The minimum absolute atomic E-state index is 0.110. The van der Waals surface area contributed by atoms with E-state index in [1.165, 1.54) is 22.3 Å². The van der Waals surface area contributed by atoms with Crippen molar-refractivity contribution in [3.05, 3.63) is 34.2 Å². The first-order chi connectivity index (χ1) is 16.0. The molecule has 3 heterocycles. The molecule has 0 bridgehead atoms. The number of nitrogens with zero attached hydrogens (tertiary/aromatic N) is 5. The molecule has 4 aromatic rings. The maximum atomic E-state index is 12.2. The molecule has 0 saturated carbocycles. The van der Waals surface area contributed by atoms with Crippen LogP contribution in [0.1, 0.15) is 26.5 Å². The van der Waals surface area contributed by atoms with E-state index in [2.05, 4.69) is 25.3 Å². The smallest absolute Gasteiger partial charge is 0.277 e. The molecule has 0 saturated heterocycles. The molecule has 0 unspecified atom stereocenters. The summed E-state index contributed by atoms with van der Waals surface area (Å²) >= 11 is 1.25. The van der Waals surface area contributed by atoms with Gasteiger partial charge in [-0.1, -0.05) is 11.8 Å². The molecule has 3 N–H and O–H groups in total. The van der Waals surface area contributed by atoms with E-state index in [1.807, 2.05) is 20.8 Å². The van der Waals surface area contributed by atoms with Crippen molar-refractivity contribution in [2.75, 3.05) is 25.6 Å². The standard InChI is InChI=1S/C20H23N7O5S/c1-4-29-13-7-11(8-14(30-5-2)16(13)31-6-3)17-24-25-20(32-17)33-10-12-9-15(28)27-19(22-12)23-18(21)26-27/h7-9H,4-6,10H2,1-3H3,(H3,21,22,23,26). The molecular weight excluding hydrogens is 450 g/mol. The molecule has 0 aliphatic rings. The van der Waals surface area contributed by atoms with Crippen LogP contribution in [0.15, 0.2) is 32.6 Å². The Bertz CT molecular complexity index is 1290. The van der Waals surface area contributed by atoms with Crippen molar-refractivity contribution in [1.29, 1.82) is 0 Å². The normalized spacial score (nSPS) is 11.1. The van der Waals surface area contributed by atoms with E-state index >= 15 is 0 Å². The van der Waals surface area contributed by atoms with Gasteiger partial charge >= 0.3 is 0 Å². The molecule has 13 heteroatoms. The summed E-state index contributed by atoms with van der Waals surface area (Å²) in [6.45, 7) is 7.05. The number of hydrogen-bond donors (Lipinski definition) is 2. The van der Waals surface area contributed by atoms with E-state index in [-0.39, 0.29) is 17.3 Å². The Morgan fingerprint density at radius 2 is 1.73 bits per heavy atom. The van der Waals surface area contributed by atoms with E-state index in [9.17, 15) is 4.79 Å². The largest absolute Gasteiger partial charge is 0.490 e. The Morgan fingerprint density at radius 1 is 1.03 bits per heavy atom. The topological polar surface area (TPSA) is 156 Å². The van der Waals surface area contributed by atoms with Crippen LogP contribution in [0.2, 0.25) is 0 Å². The number of ether oxygens (including phenoxy) is 3. The third-order valence-electron chi connectivity index (χ3n) is 4.31. The molecule has 4 rings (SSSR count). The van der Waals surface area contributed by atoms with Crippen LogP contribution in [-0.2, 0) is 5.75 Å². The minimum Gasteiger partial charge on any atom is -0.490 e. The molecule has 3 aromatic heterocycles. The highest BCUT2D eigenvalue weighted by Crippen LogP contribution is 2.42. The average Bonchev–Trinajstić information content (AvgIpc) is 3.41. The van der Waals surface area contributed by atoms with Crippen molar-refractivity contribution in [2.45, 2.75) is 31.7 Å². The van der Waals surface area contributed by atoms with Crippen LogP contribution in [0.4, 0.5) is 5.95 Å². The van der Waals surface area contributed by atoms with Crippen LogP contribution in [-0.4, -0.2) is 49.6 Å². The Kier molecular flexibility index (Phi) is 6.68. The molecule has 12 nitrogen and oxygen atoms in total. The summed E-state index contributed by atoms with van der Waals surface area (Å²) in [5.74, 6) is 2.53. The zero-order valence-corrected chi connectivity index (χ0v) is 19.1. The van der Waals surface area contributed by atoms with Crippen molar-refractivity contribution in [3.63, 3.8) is 0 Å². The lowest BCUT2D eigenvalue weighted by atomic mass is 10.2. The van der Waals surface area contributed by atoms with Crippen molar-refractivity contribution in [1.82, 2.24) is 29.8 Å². The van der Waals surface area contributed by atoms with Gasteiger partial charge in [0.05, 0.1) is 25.5 Å². The second kappa shape index (κ2) is 9.81. The number of hydrogen-bond acceptors (Lipinski definition) is 11. The number of thioether (sulfide) groups is 1. The summed E-state index contributed by atoms with van der Waals surface area (Å²) in [4.78, 5) is 20.5. The predicted molar refractivity (Wildman–Crippen MR) is 121 cm³/mol. The fourth-order valence-corrected chi connectivity index (χ4v) is 3.71. The van der Waals surface area contributed by atoms with E-state index in [0.717, 1.165) is 0 Å². The van der Waals surface area contributed by atoms with Gasteiger partial charge in [0.15, 0.2) is 11.5 Å². The first kappa shape index (κ1) is 22.5. The van der Waals surface area contributed by atoms with Gasteiger partial charge in [-0.25, -0.2) is 4.98 Å². The van der Waals surface area contributed by atoms with Gasteiger partial charge in [-0.05, 0) is 32.9 Å². The fraction of sp³-hybridized carbons (Fsp3) is 0.350. The zero-order valence-electron chi connectivity index (χ0n) is 18.3. The third kappa shape index (κ3) is 4.87. The van der Waals surface area contributed by atoms with Gasteiger partial charge in [-0.2, -0.15) is 9.50 Å². The van der Waals surface area contributed by atoms with Crippen molar-refractivity contribution < 1.29 is 18.6 Å². The number of nitrogen functional groups attached to an aromatic ring is 1. The van der Waals surface area contributed by atoms with Gasteiger partial charge in [0.25, 0.3) is 16.6 Å². The zero-order chi connectivity index (χ0) is 23.4. The fourth-order valence-electron chi connectivity index (χ4n) is 3.05. The van der Waals surface area contributed by atoms with Crippen LogP contribution in [0.3, 0.4) is 0 Å². The number of anilines is 1. The lowest BCUT2D eigenvalue weighted by molar-refractivity contribution is 0.261.